The monoisotopic (exact) mass is 484 g/mol. The molecular weight excluding hydrogens is 468 g/mol. The van der Waals surface area contributed by atoms with E-state index in [4.69, 9.17) is 4.74 Å². The second kappa shape index (κ2) is 8.86. The zero-order valence-corrected chi connectivity index (χ0v) is 17.4. The van der Waals surface area contributed by atoms with Gasteiger partial charge in [-0.3, -0.25) is 15.5 Å². The molecule has 3 rings (SSSR count). The highest BCUT2D eigenvalue weighted by Crippen LogP contribution is 2.29. The molecule has 0 spiro atoms. The Bertz CT molecular complexity index is 1050. The number of nitro groups is 1. The van der Waals surface area contributed by atoms with Crippen molar-refractivity contribution in [1.29, 1.82) is 0 Å². The van der Waals surface area contributed by atoms with E-state index in [1.807, 2.05) is 0 Å². The Labute approximate surface area is 175 Å². The number of benzene rings is 2. The lowest BCUT2D eigenvalue weighted by atomic mass is 10.2. The number of ether oxygens (including phenoxy) is 1. The zero-order valence-electron chi connectivity index (χ0n) is 15.0. The first-order chi connectivity index (χ1) is 13.8. The van der Waals surface area contributed by atoms with Crippen molar-refractivity contribution < 1.29 is 23.2 Å². The Morgan fingerprint density at radius 2 is 1.97 bits per heavy atom. The van der Waals surface area contributed by atoms with E-state index in [1.54, 1.807) is 12.1 Å². The van der Waals surface area contributed by atoms with Crippen molar-refractivity contribution in [1.82, 2.24) is 4.31 Å². The quantitative estimate of drug-likeness (QED) is 0.365. The van der Waals surface area contributed by atoms with Gasteiger partial charge in [0.15, 0.2) is 0 Å². The fourth-order valence-electron chi connectivity index (χ4n) is 2.66. The number of hydrogen-bond acceptors (Lipinski definition) is 8. The molecule has 0 aliphatic carbocycles. The third-order valence-corrected chi connectivity index (χ3v) is 6.57. The molecule has 12 heteroatoms. The summed E-state index contributed by atoms with van der Waals surface area (Å²) < 4.78 is 33.2. The molecule has 0 bridgehead atoms. The van der Waals surface area contributed by atoms with Crippen molar-refractivity contribution in [2.75, 3.05) is 31.7 Å². The number of phenolic OH excluding ortho intramolecular Hbond substituents is 1. The van der Waals surface area contributed by atoms with Gasteiger partial charge < -0.3 is 9.84 Å². The summed E-state index contributed by atoms with van der Waals surface area (Å²) in [6.45, 7) is 0.799. The predicted octanol–water partition coefficient (Wildman–Crippen LogP) is 2.53. The first-order valence-electron chi connectivity index (χ1n) is 8.43. The molecule has 2 N–H and O–H groups in total. The highest BCUT2D eigenvalue weighted by molar-refractivity contribution is 9.10. The Morgan fingerprint density at radius 1 is 1.24 bits per heavy atom. The molecule has 0 radical (unpaired) electrons. The summed E-state index contributed by atoms with van der Waals surface area (Å²) in [5, 5.41) is 25.0. The molecular formula is C17H17BrN4O6S. The number of non-ortho nitro benzene ring substituents is 1. The largest absolute Gasteiger partial charge is 0.507 e. The van der Waals surface area contributed by atoms with Crippen LogP contribution in [0.25, 0.3) is 0 Å². The molecule has 0 unspecified atom stereocenters. The van der Waals surface area contributed by atoms with E-state index in [2.05, 4.69) is 26.5 Å². The van der Waals surface area contributed by atoms with Crippen molar-refractivity contribution in [2.24, 2.45) is 5.10 Å². The van der Waals surface area contributed by atoms with Crippen molar-refractivity contribution in [3.8, 4) is 5.75 Å². The fraction of sp³-hybridized carbons (Fsp3) is 0.235. The van der Waals surface area contributed by atoms with Crippen LogP contribution in [0.1, 0.15) is 5.56 Å². The van der Waals surface area contributed by atoms with Gasteiger partial charge in [-0.25, -0.2) is 8.42 Å². The Balaban J connectivity index is 1.94. The van der Waals surface area contributed by atoms with Gasteiger partial charge in [-0.1, -0.05) is 15.9 Å². The van der Waals surface area contributed by atoms with Crippen LogP contribution >= 0.6 is 15.9 Å². The minimum atomic E-state index is -4.00. The van der Waals surface area contributed by atoms with Crippen LogP contribution in [0, 0.1) is 10.1 Å². The Hall–Kier alpha value is -2.54. The summed E-state index contributed by atoms with van der Waals surface area (Å²) in [5.74, 6) is -0.0105. The standard InChI is InChI=1S/C17H17BrN4O6S/c18-13-1-4-16(23)12(9-13)11-19-20-15-3-2-14(22(24)25)10-17(15)29(26,27)21-5-7-28-8-6-21/h1-4,9-11,20,23H,5-8H2/b19-11+. The minimum Gasteiger partial charge on any atom is -0.507 e. The SMILES string of the molecule is O=[N+]([O-])c1ccc(N/N=C/c2cc(Br)ccc2O)c(S(=O)(=O)N2CCOCC2)c1. The van der Waals surface area contributed by atoms with Crippen molar-refractivity contribution >= 4 is 43.5 Å². The molecule has 1 aliphatic rings. The first kappa shape index (κ1) is 21.2. The maximum Gasteiger partial charge on any atom is 0.270 e. The first-order valence-corrected chi connectivity index (χ1v) is 10.7. The Morgan fingerprint density at radius 3 is 2.66 bits per heavy atom. The summed E-state index contributed by atoms with van der Waals surface area (Å²) in [5.41, 5.74) is 2.72. The summed E-state index contributed by atoms with van der Waals surface area (Å²) in [4.78, 5) is 10.2. The average Bonchev–Trinajstić information content (AvgIpc) is 2.71. The maximum atomic E-state index is 13.0. The minimum absolute atomic E-state index is 0.0105. The zero-order chi connectivity index (χ0) is 21.0. The van der Waals surface area contributed by atoms with E-state index in [0.29, 0.717) is 5.56 Å². The van der Waals surface area contributed by atoms with Crippen molar-refractivity contribution in [2.45, 2.75) is 4.90 Å². The smallest absolute Gasteiger partial charge is 0.270 e. The molecule has 1 heterocycles. The number of hydrogen-bond donors (Lipinski definition) is 2. The van der Waals surface area contributed by atoms with E-state index >= 15 is 0 Å². The molecule has 0 aromatic heterocycles. The van der Waals surface area contributed by atoms with Crippen molar-refractivity contribution in [3.63, 3.8) is 0 Å². The van der Waals surface area contributed by atoms with Gasteiger partial charge >= 0.3 is 0 Å². The van der Waals surface area contributed by atoms with Gasteiger partial charge in [0.05, 0.1) is 30.0 Å². The number of nitrogens with one attached hydrogen (secondary N) is 1. The molecule has 0 saturated carbocycles. The number of rotatable bonds is 6. The van der Waals surface area contributed by atoms with Crippen LogP contribution < -0.4 is 5.43 Å². The van der Waals surface area contributed by atoms with E-state index in [1.165, 1.54) is 28.7 Å². The summed E-state index contributed by atoms with van der Waals surface area (Å²) in [6, 6.07) is 8.23. The average molecular weight is 485 g/mol. The molecule has 2 aromatic carbocycles. The number of phenols is 1. The van der Waals surface area contributed by atoms with Crippen LogP contribution in [0.3, 0.4) is 0 Å². The highest BCUT2D eigenvalue weighted by atomic mass is 79.9. The van der Waals surface area contributed by atoms with Gasteiger partial charge in [0.2, 0.25) is 10.0 Å². The molecule has 0 amide bonds. The predicted molar refractivity (Wildman–Crippen MR) is 110 cm³/mol. The van der Waals surface area contributed by atoms with Crippen LogP contribution in [0.2, 0.25) is 0 Å². The normalized spacial score (nSPS) is 15.5. The third-order valence-electron chi connectivity index (χ3n) is 4.14. The third kappa shape index (κ3) is 4.90. The van der Waals surface area contributed by atoms with Gasteiger partial charge in [-0.05, 0) is 24.3 Å². The van der Waals surface area contributed by atoms with Gasteiger partial charge in [-0.2, -0.15) is 9.41 Å². The Kier molecular flexibility index (Phi) is 6.47. The summed E-state index contributed by atoms with van der Waals surface area (Å²) >= 11 is 3.28. The summed E-state index contributed by atoms with van der Waals surface area (Å²) in [7, 11) is -4.00. The lowest BCUT2D eigenvalue weighted by Crippen LogP contribution is -2.40. The topological polar surface area (TPSA) is 134 Å². The molecule has 2 aromatic rings. The van der Waals surface area contributed by atoms with Gasteiger partial charge in [-0.15, -0.1) is 0 Å². The number of nitrogens with zero attached hydrogens (tertiary/aromatic N) is 3. The van der Waals surface area contributed by atoms with E-state index in [-0.39, 0.29) is 48.3 Å². The molecule has 1 aliphatic heterocycles. The van der Waals surface area contributed by atoms with Crippen molar-refractivity contribution in [3.05, 3.63) is 56.5 Å². The maximum absolute atomic E-state index is 13.0. The lowest BCUT2D eigenvalue weighted by molar-refractivity contribution is -0.385. The fourth-order valence-corrected chi connectivity index (χ4v) is 4.60. The van der Waals surface area contributed by atoms with E-state index < -0.39 is 14.9 Å². The number of halogens is 1. The number of aromatic hydroxyl groups is 1. The number of hydrazone groups is 1. The molecule has 154 valence electrons. The number of nitro benzene ring substituents is 1. The molecule has 1 fully saturated rings. The van der Waals surface area contributed by atoms with Gasteiger partial charge in [0, 0.05) is 35.3 Å². The number of sulfonamides is 1. The van der Waals surface area contributed by atoms with E-state index in [0.717, 1.165) is 10.5 Å². The van der Waals surface area contributed by atoms with Crippen LogP contribution in [-0.2, 0) is 14.8 Å². The van der Waals surface area contributed by atoms with Crippen LogP contribution in [0.4, 0.5) is 11.4 Å². The van der Waals surface area contributed by atoms with Gasteiger partial charge in [0.1, 0.15) is 10.6 Å². The van der Waals surface area contributed by atoms with Crippen LogP contribution in [0.5, 0.6) is 5.75 Å². The highest BCUT2D eigenvalue weighted by Gasteiger charge is 2.30. The molecule has 0 atom stereocenters. The second-order valence-corrected chi connectivity index (χ2v) is 8.85. The molecule has 1 saturated heterocycles. The number of morpholine rings is 1. The lowest BCUT2D eigenvalue weighted by Gasteiger charge is -2.26. The molecule has 29 heavy (non-hydrogen) atoms. The summed E-state index contributed by atoms with van der Waals surface area (Å²) in [6.07, 6.45) is 1.31. The molecule has 10 nitrogen and oxygen atoms in total. The van der Waals surface area contributed by atoms with Crippen LogP contribution in [0.15, 0.2) is 50.9 Å². The second-order valence-electron chi connectivity index (χ2n) is 6.03. The van der Waals surface area contributed by atoms with E-state index in [9.17, 15) is 23.6 Å². The van der Waals surface area contributed by atoms with Gasteiger partial charge in [0.25, 0.3) is 5.69 Å². The van der Waals surface area contributed by atoms with Crippen LogP contribution in [-0.4, -0.2) is 55.3 Å². The number of anilines is 1.